The molecule has 1 aromatic rings. The molecule has 19 heavy (non-hydrogen) atoms. The molecular formula is C12H16N4O3. The third-order valence-electron chi connectivity index (χ3n) is 3.30. The Balaban J connectivity index is 2.34. The average Bonchev–Trinajstić information content (AvgIpc) is 2.68. The van der Waals surface area contributed by atoms with Crippen LogP contribution in [0.4, 0.5) is 11.5 Å². The van der Waals surface area contributed by atoms with Gasteiger partial charge < -0.3 is 10.6 Å². The molecule has 0 saturated carbocycles. The molecule has 2 N–H and O–H groups in total. The van der Waals surface area contributed by atoms with Gasteiger partial charge in [0.1, 0.15) is 17.6 Å². The Morgan fingerprint density at radius 3 is 2.79 bits per heavy atom. The van der Waals surface area contributed by atoms with Gasteiger partial charge in [-0.05, 0) is 17.9 Å². The minimum atomic E-state index is -0.610. The Kier molecular flexibility index (Phi) is 3.13. The zero-order chi connectivity index (χ0) is 14.2. The second kappa shape index (κ2) is 4.49. The van der Waals surface area contributed by atoms with Gasteiger partial charge in [0.2, 0.25) is 0 Å². The molecule has 1 saturated heterocycles. The van der Waals surface area contributed by atoms with Crippen molar-refractivity contribution in [3.63, 3.8) is 0 Å². The van der Waals surface area contributed by atoms with E-state index in [1.54, 1.807) is 4.90 Å². The molecule has 0 radical (unpaired) electrons. The molecule has 7 heteroatoms. The van der Waals surface area contributed by atoms with Crippen molar-refractivity contribution in [2.24, 2.45) is 5.41 Å². The number of nitrogens with two attached hydrogens (primary N) is 1. The van der Waals surface area contributed by atoms with E-state index in [1.165, 1.54) is 6.07 Å². The third-order valence-corrected chi connectivity index (χ3v) is 3.30. The smallest absolute Gasteiger partial charge is 0.300 e. The zero-order valence-corrected chi connectivity index (χ0v) is 10.9. The number of rotatable bonds is 2. The predicted molar refractivity (Wildman–Crippen MR) is 69.6 cm³/mol. The van der Waals surface area contributed by atoms with E-state index in [-0.39, 0.29) is 28.4 Å². The van der Waals surface area contributed by atoms with Crippen molar-refractivity contribution in [3.8, 4) is 0 Å². The van der Waals surface area contributed by atoms with Crippen molar-refractivity contribution in [1.82, 2.24) is 9.88 Å². The molecule has 0 aromatic carbocycles. The van der Waals surface area contributed by atoms with Gasteiger partial charge in [0.15, 0.2) is 0 Å². The summed E-state index contributed by atoms with van der Waals surface area (Å²) in [6.45, 7) is 5.32. The fourth-order valence-electron chi connectivity index (χ4n) is 2.24. The molecule has 1 fully saturated rings. The van der Waals surface area contributed by atoms with Crippen molar-refractivity contribution in [1.29, 1.82) is 0 Å². The zero-order valence-electron chi connectivity index (χ0n) is 10.9. The summed E-state index contributed by atoms with van der Waals surface area (Å²) in [5.41, 5.74) is 5.27. The summed E-state index contributed by atoms with van der Waals surface area (Å²) in [6, 6.07) is 1.27. The minimum Gasteiger partial charge on any atom is -0.384 e. The standard InChI is InChI=1S/C12H16N4O3/c1-12(2)3-4-15(7-12)11(17)8-5-10(13)14-6-9(8)16(18)19/h5-6H,3-4,7H2,1-2H3,(H2,13,14). The van der Waals surface area contributed by atoms with Crippen molar-refractivity contribution in [3.05, 3.63) is 27.9 Å². The van der Waals surface area contributed by atoms with E-state index in [9.17, 15) is 14.9 Å². The molecule has 0 spiro atoms. The largest absolute Gasteiger partial charge is 0.384 e. The van der Waals surface area contributed by atoms with Crippen LogP contribution in [0.3, 0.4) is 0 Å². The predicted octanol–water partition coefficient (Wildman–Crippen LogP) is 1.44. The van der Waals surface area contributed by atoms with Crippen molar-refractivity contribution in [2.75, 3.05) is 18.8 Å². The number of nitrogen functional groups attached to an aromatic ring is 1. The summed E-state index contributed by atoms with van der Waals surface area (Å²) in [6.07, 6.45) is 1.91. The van der Waals surface area contributed by atoms with Gasteiger partial charge in [0.05, 0.1) is 4.92 Å². The van der Waals surface area contributed by atoms with Crippen LogP contribution in [0, 0.1) is 15.5 Å². The lowest BCUT2D eigenvalue weighted by molar-refractivity contribution is -0.385. The van der Waals surface area contributed by atoms with Crippen LogP contribution < -0.4 is 5.73 Å². The second-order valence-electron chi connectivity index (χ2n) is 5.52. The number of likely N-dealkylation sites (tertiary alicyclic amines) is 1. The number of hydrogen-bond acceptors (Lipinski definition) is 5. The van der Waals surface area contributed by atoms with E-state index in [1.807, 2.05) is 0 Å². The molecule has 1 aliphatic rings. The highest BCUT2D eigenvalue weighted by molar-refractivity contribution is 5.98. The maximum absolute atomic E-state index is 12.4. The Morgan fingerprint density at radius 1 is 1.58 bits per heavy atom. The molecule has 102 valence electrons. The van der Waals surface area contributed by atoms with Gasteiger partial charge in [-0.25, -0.2) is 4.98 Å². The number of pyridine rings is 1. The van der Waals surface area contributed by atoms with Gasteiger partial charge in [-0.15, -0.1) is 0 Å². The lowest BCUT2D eigenvalue weighted by Crippen LogP contribution is -2.30. The van der Waals surface area contributed by atoms with E-state index in [4.69, 9.17) is 5.73 Å². The molecular weight excluding hydrogens is 248 g/mol. The summed E-state index contributed by atoms with van der Waals surface area (Å²) in [7, 11) is 0. The van der Waals surface area contributed by atoms with E-state index in [0.717, 1.165) is 12.6 Å². The molecule has 2 heterocycles. The molecule has 1 aliphatic heterocycles. The molecule has 7 nitrogen and oxygen atoms in total. The maximum Gasteiger partial charge on any atom is 0.300 e. The summed E-state index contributed by atoms with van der Waals surface area (Å²) < 4.78 is 0. The van der Waals surface area contributed by atoms with Crippen LogP contribution in [0.25, 0.3) is 0 Å². The lowest BCUT2D eigenvalue weighted by Gasteiger charge is -2.19. The summed E-state index contributed by atoms with van der Waals surface area (Å²) in [4.78, 5) is 28.0. The molecule has 0 bridgehead atoms. The van der Waals surface area contributed by atoms with Crippen LogP contribution in [-0.4, -0.2) is 33.8 Å². The first-order chi connectivity index (χ1) is 8.80. The van der Waals surface area contributed by atoms with Crippen LogP contribution in [0.5, 0.6) is 0 Å². The molecule has 0 atom stereocenters. The van der Waals surface area contributed by atoms with E-state index in [2.05, 4.69) is 18.8 Å². The maximum atomic E-state index is 12.4. The molecule has 0 aliphatic carbocycles. The lowest BCUT2D eigenvalue weighted by atomic mass is 9.93. The number of hydrogen-bond donors (Lipinski definition) is 1. The number of carbonyl (C=O) groups excluding carboxylic acids is 1. The normalized spacial score (nSPS) is 17.5. The van der Waals surface area contributed by atoms with E-state index in [0.29, 0.717) is 13.1 Å². The highest BCUT2D eigenvalue weighted by Gasteiger charge is 2.34. The van der Waals surface area contributed by atoms with Gasteiger partial charge in [-0.1, -0.05) is 13.8 Å². The number of carbonyl (C=O) groups is 1. The minimum absolute atomic E-state index is 0.00944. The number of nitrogens with zero attached hydrogens (tertiary/aromatic N) is 3. The first kappa shape index (κ1) is 13.3. The van der Waals surface area contributed by atoms with Crippen LogP contribution in [-0.2, 0) is 0 Å². The van der Waals surface area contributed by atoms with E-state index >= 15 is 0 Å². The van der Waals surface area contributed by atoms with Gasteiger partial charge >= 0.3 is 0 Å². The van der Waals surface area contributed by atoms with Gasteiger partial charge in [-0.3, -0.25) is 14.9 Å². The number of anilines is 1. The number of aromatic nitrogens is 1. The highest BCUT2D eigenvalue weighted by atomic mass is 16.6. The summed E-state index contributed by atoms with van der Waals surface area (Å²) in [5, 5.41) is 10.9. The quantitative estimate of drug-likeness (QED) is 0.643. The van der Waals surface area contributed by atoms with Gasteiger partial charge in [0, 0.05) is 13.1 Å². The fourth-order valence-corrected chi connectivity index (χ4v) is 2.24. The van der Waals surface area contributed by atoms with Crippen LogP contribution in [0.2, 0.25) is 0 Å². The Labute approximate surface area is 110 Å². The fraction of sp³-hybridized carbons (Fsp3) is 0.500. The van der Waals surface area contributed by atoms with Crippen molar-refractivity contribution in [2.45, 2.75) is 20.3 Å². The summed E-state index contributed by atoms with van der Waals surface area (Å²) >= 11 is 0. The first-order valence-electron chi connectivity index (χ1n) is 5.99. The molecule has 2 rings (SSSR count). The summed E-state index contributed by atoms with van der Waals surface area (Å²) in [5.74, 6) is -0.251. The monoisotopic (exact) mass is 264 g/mol. The topological polar surface area (TPSA) is 102 Å². The van der Waals surface area contributed by atoms with Crippen LogP contribution in [0.1, 0.15) is 30.6 Å². The molecule has 1 amide bonds. The van der Waals surface area contributed by atoms with Crippen LogP contribution in [0.15, 0.2) is 12.3 Å². The SMILES string of the molecule is CC1(C)CCN(C(=O)c2cc(N)ncc2[N+](=O)[O-])C1. The molecule has 1 aromatic heterocycles. The first-order valence-corrected chi connectivity index (χ1v) is 5.99. The Bertz CT molecular complexity index is 542. The van der Waals surface area contributed by atoms with Crippen molar-refractivity contribution < 1.29 is 9.72 Å². The van der Waals surface area contributed by atoms with Crippen LogP contribution >= 0.6 is 0 Å². The second-order valence-corrected chi connectivity index (χ2v) is 5.52. The van der Waals surface area contributed by atoms with Crippen molar-refractivity contribution >= 4 is 17.4 Å². The number of nitro groups is 1. The highest BCUT2D eigenvalue weighted by Crippen LogP contribution is 2.31. The Hall–Kier alpha value is -2.18. The van der Waals surface area contributed by atoms with Gasteiger partial charge in [-0.2, -0.15) is 0 Å². The third kappa shape index (κ3) is 2.64. The Morgan fingerprint density at radius 2 is 2.26 bits per heavy atom. The molecule has 0 unspecified atom stereocenters. The average molecular weight is 264 g/mol. The number of amides is 1. The van der Waals surface area contributed by atoms with Gasteiger partial charge in [0.25, 0.3) is 11.6 Å². The van der Waals surface area contributed by atoms with E-state index < -0.39 is 4.92 Å².